The van der Waals surface area contributed by atoms with Crippen molar-refractivity contribution in [2.45, 2.75) is 138 Å². The van der Waals surface area contributed by atoms with Gasteiger partial charge >= 0.3 is 0 Å². The van der Waals surface area contributed by atoms with Gasteiger partial charge in [0.05, 0.1) is 31.7 Å². The summed E-state index contributed by atoms with van der Waals surface area (Å²) < 4.78 is 24.2. The van der Waals surface area contributed by atoms with Crippen LogP contribution in [0.2, 0.25) is 11.1 Å². The van der Waals surface area contributed by atoms with E-state index >= 15 is 4.39 Å². The fourth-order valence-electron chi connectivity index (χ4n) is 8.21. The Kier molecular flexibility index (Phi) is 10.7. The van der Waals surface area contributed by atoms with Gasteiger partial charge in [0.25, 0.3) is 0 Å². The number of hydrogen-bond acceptors (Lipinski definition) is 2. The standard InChI is InChI=1S/C47H64FNO2Si/c1-29(2)52(30(3)4)28-51-42-21-18-34(48)26-37(42)38-24-33(47(14,15)27-44(5,6)7)25-41(43(38)50)49-39-19-16-31(45(8,9)10)22-35(39)36-23-32(46(11,12)13)17-20-40(36)49/h16-26,29-30,50,52H,27-28H2,1-15H3. The van der Waals surface area contributed by atoms with Gasteiger partial charge in [-0.25, -0.2) is 4.39 Å². The van der Waals surface area contributed by atoms with Crippen molar-refractivity contribution in [1.82, 2.24) is 4.57 Å². The molecule has 1 heterocycles. The number of phenolic OH excluding ortho intramolecular Hbond substituents is 1. The number of aromatic hydroxyl groups is 1. The highest BCUT2D eigenvalue weighted by atomic mass is 28.3. The summed E-state index contributed by atoms with van der Waals surface area (Å²) in [5.74, 6) is 0.371. The smallest absolute Gasteiger partial charge is 0.147 e. The van der Waals surface area contributed by atoms with Crippen molar-refractivity contribution in [2.24, 2.45) is 5.41 Å². The molecule has 0 fully saturated rings. The predicted molar refractivity (Wildman–Crippen MR) is 225 cm³/mol. The maximum absolute atomic E-state index is 15.3. The van der Waals surface area contributed by atoms with Crippen LogP contribution in [0.15, 0.2) is 66.7 Å². The van der Waals surface area contributed by atoms with E-state index in [0.29, 0.717) is 39.9 Å². The van der Waals surface area contributed by atoms with Crippen LogP contribution in [0.25, 0.3) is 38.6 Å². The molecular weight excluding hydrogens is 658 g/mol. The number of fused-ring (bicyclic) bond motifs is 3. The Bertz CT molecular complexity index is 2000. The second-order valence-corrected chi connectivity index (χ2v) is 24.2. The van der Waals surface area contributed by atoms with Gasteiger partial charge in [-0.1, -0.05) is 127 Å². The molecule has 0 aliphatic carbocycles. The summed E-state index contributed by atoms with van der Waals surface area (Å²) in [5.41, 5.74) is 8.40. The summed E-state index contributed by atoms with van der Waals surface area (Å²) in [7, 11) is -1.27. The van der Waals surface area contributed by atoms with E-state index in [4.69, 9.17) is 4.74 Å². The van der Waals surface area contributed by atoms with Crippen molar-refractivity contribution in [2.75, 3.05) is 6.23 Å². The van der Waals surface area contributed by atoms with Gasteiger partial charge in [0.15, 0.2) is 0 Å². The first-order valence-corrected chi connectivity index (χ1v) is 21.4. The largest absolute Gasteiger partial charge is 0.505 e. The lowest BCUT2D eigenvalue weighted by Gasteiger charge is -2.34. The lowest BCUT2D eigenvalue weighted by Crippen LogP contribution is -2.29. The lowest BCUT2D eigenvalue weighted by molar-refractivity contribution is 0.284. The molecule has 0 spiro atoms. The molecule has 4 aromatic carbocycles. The zero-order valence-electron chi connectivity index (χ0n) is 34.7. The van der Waals surface area contributed by atoms with Crippen LogP contribution < -0.4 is 4.74 Å². The van der Waals surface area contributed by atoms with E-state index in [-0.39, 0.29) is 33.2 Å². The van der Waals surface area contributed by atoms with Gasteiger partial charge in [0, 0.05) is 21.9 Å². The highest BCUT2D eigenvalue weighted by Gasteiger charge is 2.31. The third-order valence-electron chi connectivity index (χ3n) is 11.0. The first-order chi connectivity index (χ1) is 23.9. The second-order valence-electron chi connectivity index (χ2n) is 19.9. The molecule has 5 rings (SSSR count). The summed E-state index contributed by atoms with van der Waals surface area (Å²) in [4.78, 5) is 0. The molecule has 0 bridgehead atoms. The summed E-state index contributed by atoms with van der Waals surface area (Å²) in [6, 6.07) is 22.5. The van der Waals surface area contributed by atoms with Crippen LogP contribution in [0.3, 0.4) is 0 Å². The van der Waals surface area contributed by atoms with Crippen molar-refractivity contribution < 1.29 is 14.2 Å². The first kappa shape index (κ1) is 39.6. The number of aromatic nitrogens is 1. The van der Waals surface area contributed by atoms with E-state index in [1.807, 2.05) is 0 Å². The van der Waals surface area contributed by atoms with Crippen LogP contribution in [-0.4, -0.2) is 24.7 Å². The normalized spacial score (nSPS) is 13.4. The Labute approximate surface area is 315 Å². The molecule has 0 aliphatic heterocycles. The lowest BCUT2D eigenvalue weighted by atomic mass is 9.71. The minimum Gasteiger partial charge on any atom is -0.505 e. The van der Waals surface area contributed by atoms with Crippen LogP contribution in [0.5, 0.6) is 11.5 Å². The first-order valence-electron chi connectivity index (χ1n) is 19.3. The van der Waals surface area contributed by atoms with Crippen LogP contribution >= 0.6 is 0 Å². The summed E-state index contributed by atoms with van der Waals surface area (Å²) >= 11 is 0. The number of halogens is 1. The molecule has 0 unspecified atom stereocenters. The topological polar surface area (TPSA) is 34.4 Å². The molecule has 1 aromatic heterocycles. The summed E-state index contributed by atoms with van der Waals surface area (Å²) in [6.45, 7) is 34.0. The molecule has 0 atom stereocenters. The van der Waals surface area contributed by atoms with E-state index in [0.717, 1.165) is 33.8 Å². The van der Waals surface area contributed by atoms with Crippen LogP contribution in [-0.2, 0) is 16.2 Å². The molecule has 0 saturated heterocycles. The van der Waals surface area contributed by atoms with E-state index in [9.17, 15) is 5.11 Å². The van der Waals surface area contributed by atoms with E-state index in [1.165, 1.54) is 23.3 Å². The monoisotopic (exact) mass is 721 g/mol. The number of hydrogen-bond donors (Lipinski definition) is 1. The minimum absolute atomic E-state index is 0.0305. The van der Waals surface area contributed by atoms with Gasteiger partial charge in [-0.05, 0) is 99.4 Å². The van der Waals surface area contributed by atoms with Gasteiger partial charge in [-0.15, -0.1) is 0 Å². The molecule has 1 N–H and O–H groups in total. The zero-order valence-corrected chi connectivity index (χ0v) is 35.8. The molecule has 3 nitrogen and oxygen atoms in total. The Morgan fingerprint density at radius 3 is 1.63 bits per heavy atom. The minimum atomic E-state index is -1.27. The number of phenols is 1. The number of rotatable bonds is 9. The molecular formula is C47H64FNO2Si. The average Bonchev–Trinajstić information content (AvgIpc) is 3.32. The highest BCUT2D eigenvalue weighted by molar-refractivity contribution is 6.61. The molecule has 0 amide bonds. The van der Waals surface area contributed by atoms with Crippen molar-refractivity contribution in [3.05, 3.63) is 89.2 Å². The molecule has 52 heavy (non-hydrogen) atoms. The van der Waals surface area contributed by atoms with Gasteiger partial charge < -0.3 is 14.4 Å². The molecule has 5 heteroatoms. The molecule has 280 valence electrons. The Hall–Kier alpha value is -3.57. The second kappa shape index (κ2) is 14.0. The maximum atomic E-state index is 15.3. The zero-order chi connectivity index (χ0) is 38.7. The fraction of sp³-hybridized carbons (Fsp3) is 0.489. The third-order valence-corrected chi connectivity index (χ3v) is 14.9. The quantitative estimate of drug-likeness (QED) is 0.154. The van der Waals surface area contributed by atoms with Gasteiger partial charge in [-0.2, -0.15) is 0 Å². The van der Waals surface area contributed by atoms with E-state index in [2.05, 4.69) is 157 Å². The summed E-state index contributed by atoms with van der Waals surface area (Å²) in [6.07, 6.45) is 1.57. The molecule has 5 aromatic rings. The SMILES string of the molecule is CC(C)[SiH](COc1ccc(F)cc1-c1cc(C(C)(C)CC(C)(C)C)cc(-n2c3ccc(C(C)(C)C)cc3c3cc(C(C)(C)C)ccc32)c1O)C(C)C. The fourth-order valence-corrected chi connectivity index (χ4v) is 10.9. The van der Waals surface area contributed by atoms with Crippen molar-refractivity contribution in [1.29, 1.82) is 0 Å². The molecule has 0 aliphatic rings. The van der Waals surface area contributed by atoms with Crippen LogP contribution in [0.1, 0.15) is 127 Å². The number of ether oxygens (including phenoxy) is 1. The van der Waals surface area contributed by atoms with Crippen molar-refractivity contribution in [3.8, 4) is 28.3 Å². The van der Waals surface area contributed by atoms with E-state index < -0.39 is 8.80 Å². The van der Waals surface area contributed by atoms with Gasteiger partial charge in [0.1, 0.15) is 17.3 Å². The number of benzene rings is 4. The Morgan fingerprint density at radius 2 is 1.17 bits per heavy atom. The van der Waals surface area contributed by atoms with Crippen LogP contribution in [0.4, 0.5) is 4.39 Å². The molecule has 0 saturated carbocycles. The third kappa shape index (κ3) is 8.15. The highest BCUT2D eigenvalue weighted by Crippen LogP contribution is 2.47. The number of nitrogens with zero attached hydrogens (tertiary/aromatic N) is 1. The molecule has 0 radical (unpaired) electrons. The van der Waals surface area contributed by atoms with Gasteiger partial charge in [-0.3, -0.25) is 0 Å². The van der Waals surface area contributed by atoms with E-state index in [1.54, 1.807) is 6.07 Å². The predicted octanol–water partition coefficient (Wildman–Crippen LogP) is 13.6. The maximum Gasteiger partial charge on any atom is 0.147 e. The Balaban J connectivity index is 1.87. The van der Waals surface area contributed by atoms with Crippen molar-refractivity contribution >= 4 is 30.6 Å². The van der Waals surface area contributed by atoms with Crippen LogP contribution in [0, 0.1) is 11.2 Å². The Morgan fingerprint density at radius 1 is 0.654 bits per heavy atom. The average molecular weight is 722 g/mol. The van der Waals surface area contributed by atoms with Crippen molar-refractivity contribution in [3.63, 3.8) is 0 Å². The van der Waals surface area contributed by atoms with Gasteiger partial charge in [0.2, 0.25) is 0 Å². The summed E-state index contributed by atoms with van der Waals surface area (Å²) in [5, 5.41) is 14.9.